The van der Waals surface area contributed by atoms with Crippen LogP contribution in [0.1, 0.15) is 200 Å². The van der Waals surface area contributed by atoms with E-state index in [9.17, 15) is 34.1 Å². The van der Waals surface area contributed by atoms with Crippen LogP contribution in [0.2, 0.25) is 0 Å². The number of carbonyl (C=O) groups is 3. The van der Waals surface area contributed by atoms with E-state index in [4.69, 9.17) is 13.8 Å². The molecule has 0 rings (SSSR count). The third-order valence-corrected chi connectivity index (χ3v) is 11.2. The highest BCUT2D eigenvalue weighted by atomic mass is 31.2. The molecule has 0 bridgehead atoms. The molecule has 11 nitrogen and oxygen atoms in total. The van der Waals surface area contributed by atoms with Gasteiger partial charge in [-0.25, -0.2) is 9.36 Å². The fourth-order valence-electron chi connectivity index (χ4n) is 6.50. The number of rotatable bonds is 45. The van der Waals surface area contributed by atoms with Crippen LogP contribution in [0.5, 0.6) is 0 Å². The number of nitrogens with one attached hydrogen (secondary N) is 1. The number of amides is 1. The molecule has 63 heavy (non-hydrogen) atoms. The van der Waals surface area contributed by atoms with Crippen molar-refractivity contribution in [2.75, 3.05) is 19.8 Å². The molecule has 0 saturated carbocycles. The molecule has 4 N–H and O–H groups in total. The molecular formula is C51H88NO10P. The molecule has 0 aromatic carbocycles. The standard InChI is InChI=1S/C51H88NO10P/c1-3-5-7-9-11-13-15-17-19-21-22-23-24-25-26-27-29-31-33-35-37-39-41-43-50(55)60-44-47(53)45-61-63(58,59)62-46-48(51(56)57)52-49(54)42-40-38-36-34-32-30-28-20-18-16-14-12-10-8-6-4-2/h5,7,11,13,17,19,22-23,25-26,29,31,47-48,53H,3-4,6,8-10,12,14-16,18,20-21,24,27-28,30,32-46H2,1-2H3,(H,52,54)(H,56,57)(H,58,59)/b7-5-,13-11-,19-17-,23-22-,26-25-,31-29-. The van der Waals surface area contributed by atoms with E-state index in [1.54, 1.807) is 0 Å². The average molecular weight is 906 g/mol. The number of carbonyl (C=O) groups excluding carboxylic acids is 2. The molecule has 362 valence electrons. The Morgan fingerprint density at radius 1 is 0.524 bits per heavy atom. The normalized spacial score (nSPS) is 14.2. The minimum Gasteiger partial charge on any atom is -0.480 e. The Morgan fingerprint density at radius 2 is 0.921 bits per heavy atom. The van der Waals surface area contributed by atoms with E-state index in [1.807, 2.05) is 0 Å². The van der Waals surface area contributed by atoms with Gasteiger partial charge in [-0.2, -0.15) is 0 Å². The van der Waals surface area contributed by atoms with Gasteiger partial charge >= 0.3 is 19.8 Å². The second-order valence-electron chi connectivity index (χ2n) is 16.3. The number of hydrogen-bond acceptors (Lipinski definition) is 8. The van der Waals surface area contributed by atoms with Crippen molar-refractivity contribution >= 4 is 25.7 Å². The molecule has 0 aliphatic carbocycles. The third kappa shape index (κ3) is 45.3. The van der Waals surface area contributed by atoms with Crippen LogP contribution in [0, 0.1) is 0 Å². The summed E-state index contributed by atoms with van der Waals surface area (Å²) in [5.41, 5.74) is 0. The van der Waals surface area contributed by atoms with Crippen molar-refractivity contribution in [3.63, 3.8) is 0 Å². The van der Waals surface area contributed by atoms with Crippen LogP contribution in [-0.4, -0.2) is 64.9 Å². The van der Waals surface area contributed by atoms with Crippen molar-refractivity contribution in [1.29, 1.82) is 0 Å². The lowest BCUT2D eigenvalue weighted by Gasteiger charge is -2.18. The Labute approximate surface area is 382 Å². The molecule has 12 heteroatoms. The van der Waals surface area contributed by atoms with Gasteiger partial charge in [0.2, 0.25) is 5.91 Å². The van der Waals surface area contributed by atoms with Crippen LogP contribution in [0.3, 0.4) is 0 Å². The van der Waals surface area contributed by atoms with E-state index in [0.717, 1.165) is 83.5 Å². The maximum Gasteiger partial charge on any atom is 0.472 e. The predicted octanol–water partition coefficient (Wildman–Crippen LogP) is 13.3. The minimum atomic E-state index is -4.77. The van der Waals surface area contributed by atoms with Gasteiger partial charge < -0.3 is 25.2 Å². The Balaban J connectivity index is 3.90. The summed E-state index contributed by atoms with van der Waals surface area (Å²) >= 11 is 0. The first-order valence-corrected chi connectivity index (χ1v) is 26.0. The lowest BCUT2D eigenvalue weighted by Crippen LogP contribution is -2.43. The van der Waals surface area contributed by atoms with Gasteiger partial charge in [0.05, 0.1) is 13.2 Å². The highest BCUT2D eigenvalue weighted by Gasteiger charge is 2.28. The van der Waals surface area contributed by atoms with Gasteiger partial charge in [-0.15, -0.1) is 0 Å². The van der Waals surface area contributed by atoms with Gasteiger partial charge in [-0.05, 0) is 64.2 Å². The number of phosphoric acid groups is 1. The van der Waals surface area contributed by atoms with E-state index in [2.05, 4.69) is 92.1 Å². The fraction of sp³-hybridized carbons (Fsp3) is 0.706. The smallest absolute Gasteiger partial charge is 0.472 e. The predicted molar refractivity (Wildman–Crippen MR) is 258 cm³/mol. The number of ether oxygens (including phenoxy) is 1. The summed E-state index contributed by atoms with van der Waals surface area (Å²) < 4.78 is 26.9. The first-order valence-electron chi connectivity index (χ1n) is 24.5. The third-order valence-electron chi connectivity index (χ3n) is 10.3. The number of hydrogen-bond donors (Lipinski definition) is 4. The Hall–Kier alpha value is -3.08. The van der Waals surface area contributed by atoms with Gasteiger partial charge in [-0.1, -0.05) is 196 Å². The quantitative estimate of drug-likeness (QED) is 0.0200. The van der Waals surface area contributed by atoms with Gasteiger partial charge in [0.1, 0.15) is 12.7 Å². The van der Waals surface area contributed by atoms with E-state index < -0.39 is 57.6 Å². The molecular weight excluding hydrogens is 818 g/mol. The number of aliphatic carboxylic acids is 1. The minimum absolute atomic E-state index is 0.144. The molecule has 0 spiro atoms. The molecule has 0 aromatic rings. The zero-order valence-electron chi connectivity index (χ0n) is 39.4. The Bertz CT molecular complexity index is 1340. The van der Waals surface area contributed by atoms with Crippen molar-refractivity contribution in [1.82, 2.24) is 5.32 Å². The van der Waals surface area contributed by atoms with Crippen LogP contribution in [0.25, 0.3) is 0 Å². The van der Waals surface area contributed by atoms with E-state index in [1.165, 1.54) is 77.0 Å². The fourth-order valence-corrected chi connectivity index (χ4v) is 7.27. The second kappa shape index (κ2) is 45.5. The van der Waals surface area contributed by atoms with E-state index in [-0.39, 0.29) is 12.8 Å². The molecule has 0 saturated heterocycles. The van der Waals surface area contributed by atoms with Gasteiger partial charge in [0, 0.05) is 12.8 Å². The summed E-state index contributed by atoms with van der Waals surface area (Å²) in [4.78, 5) is 46.0. The summed E-state index contributed by atoms with van der Waals surface area (Å²) in [5, 5.41) is 21.9. The Kier molecular flexibility index (Phi) is 43.3. The zero-order chi connectivity index (χ0) is 46.3. The lowest BCUT2D eigenvalue weighted by atomic mass is 10.0. The second-order valence-corrected chi connectivity index (χ2v) is 17.7. The van der Waals surface area contributed by atoms with E-state index in [0.29, 0.717) is 12.8 Å². The number of carboxylic acids is 1. The molecule has 0 aliphatic heterocycles. The summed E-state index contributed by atoms with van der Waals surface area (Å²) in [7, 11) is -4.77. The average Bonchev–Trinajstić information content (AvgIpc) is 3.26. The largest absolute Gasteiger partial charge is 0.480 e. The van der Waals surface area contributed by atoms with Gasteiger partial charge in [-0.3, -0.25) is 18.6 Å². The first-order chi connectivity index (χ1) is 30.6. The van der Waals surface area contributed by atoms with Crippen LogP contribution >= 0.6 is 7.82 Å². The van der Waals surface area contributed by atoms with Crippen molar-refractivity contribution in [3.8, 4) is 0 Å². The maximum atomic E-state index is 12.3. The molecule has 3 atom stereocenters. The van der Waals surface area contributed by atoms with Gasteiger partial charge in [0.15, 0.2) is 6.04 Å². The number of esters is 1. The number of carboxylic acid groups (broad SMARTS) is 1. The summed E-state index contributed by atoms with van der Waals surface area (Å²) in [6.45, 7) is 2.46. The van der Waals surface area contributed by atoms with Crippen molar-refractivity contribution < 1.29 is 47.8 Å². The molecule has 3 unspecified atom stereocenters. The number of unbranched alkanes of at least 4 members (excludes halogenated alkanes) is 19. The monoisotopic (exact) mass is 906 g/mol. The molecule has 0 fully saturated rings. The molecule has 0 radical (unpaired) electrons. The topological polar surface area (TPSA) is 169 Å². The highest BCUT2D eigenvalue weighted by Crippen LogP contribution is 2.43. The van der Waals surface area contributed by atoms with E-state index >= 15 is 0 Å². The van der Waals surface area contributed by atoms with Crippen molar-refractivity contribution in [3.05, 3.63) is 72.9 Å². The highest BCUT2D eigenvalue weighted by molar-refractivity contribution is 7.47. The van der Waals surface area contributed by atoms with Gasteiger partial charge in [0.25, 0.3) is 0 Å². The molecule has 0 aromatic heterocycles. The number of aliphatic hydroxyl groups excluding tert-OH is 1. The van der Waals surface area contributed by atoms with Crippen LogP contribution in [-0.2, 0) is 32.7 Å². The number of phosphoric ester groups is 1. The zero-order valence-corrected chi connectivity index (χ0v) is 40.3. The van der Waals surface area contributed by atoms with Crippen molar-refractivity contribution in [2.45, 2.75) is 212 Å². The van der Waals surface area contributed by atoms with Crippen LogP contribution in [0.4, 0.5) is 0 Å². The molecule has 1 amide bonds. The molecule has 0 aliphatic rings. The SMILES string of the molecule is CC/C=C\C/C=C\C/C=C\C/C=C\C/C=C\C/C=C\CCCCCCC(=O)OCC(O)COP(=O)(O)OCC(NC(=O)CCCCCCCCCCCCCCCCCC)C(=O)O. The summed E-state index contributed by atoms with van der Waals surface area (Å²) in [6, 6.07) is -1.55. The first kappa shape index (κ1) is 59.9. The maximum absolute atomic E-state index is 12.3. The van der Waals surface area contributed by atoms with Crippen LogP contribution in [0.15, 0.2) is 72.9 Å². The van der Waals surface area contributed by atoms with Crippen molar-refractivity contribution in [2.24, 2.45) is 0 Å². The number of aliphatic hydroxyl groups is 1. The molecule has 0 heterocycles. The Morgan fingerprint density at radius 3 is 1.38 bits per heavy atom. The lowest BCUT2D eigenvalue weighted by molar-refractivity contribution is -0.147. The summed E-state index contributed by atoms with van der Waals surface area (Å²) in [6.07, 6.45) is 54.9. The van der Waals surface area contributed by atoms with Crippen LogP contribution < -0.4 is 5.32 Å². The summed E-state index contributed by atoms with van der Waals surface area (Å²) in [5.74, 6) is -2.40. The number of allylic oxidation sites excluding steroid dienone is 12.